The van der Waals surface area contributed by atoms with Gasteiger partial charge in [-0.15, -0.1) is 0 Å². The second kappa shape index (κ2) is 7.47. The molecule has 21 heavy (non-hydrogen) atoms. The van der Waals surface area contributed by atoms with Crippen molar-refractivity contribution in [1.82, 2.24) is 10.6 Å². The summed E-state index contributed by atoms with van der Waals surface area (Å²) in [6.07, 6.45) is -0.616. The first-order chi connectivity index (χ1) is 9.74. The molecule has 0 aliphatic carbocycles. The zero-order valence-corrected chi connectivity index (χ0v) is 13.4. The Hall–Kier alpha value is -1.53. The fourth-order valence-electron chi connectivity index (χ4n) is 1.71. The van der Waals surface area contributed by atoms with Crippen molar-refractivity contribution in [3.8, 4) is 0 Å². The minimum absolute atomic E-state index is 0.187. The molecule has 0 fully saturated rings. The molecule has 0 radical (unpaired) electrons. The lowest BCUT2D eigenvalue weighted by atomic mass is 9.89. The van der Waals surface area contributed by atoms with E-state index < -0.39 is 6.10 Å². The van der Waals surface area contributed by atoms with Gasteiger partial charge in [0.15, 0.2) is 0 Å². The highest BCUT2D eigenvalue weighted by Crippen LogP contribution is 2.18. The summed E-state index contributed by atoms with van der Waals surface area (Å²) in [5, 5.41) is 15.3. The van der Waals surface area contributed by atoms with E-state index in [0.717, 1.165) is 5.76 Å². The first-order valence-electron chi connectivity index (χ1n) is 7.01. The van der Waals surface area contributed by atoms with Gasteiger partial charge in [-0.05, 0) is 24.5 Å². The van der Waals surface area contributed by atoms with Crippen LogP contribution >= 0.6 is 0 Å². The maximum atomic E-state index is 11.9. The number of rotatable bonds is 6. The summed E-state index contributed by atoms with van der Waals surface area (Å²) >= 11 is 0. The Kier molecular flexibility index (Phi) is 6.23. The molecule has 0 spiro atoms. The van der Waals surface area contributed by atoms with Crippen LogP contribution in [0, 0.1) is 12.3 Å². The number of aliphatic hydroxyl groups excluding tert-OH is 1. The number of carbonyl (C=O) groups is 1. The van der Waals surface area contributed by atoms with Crippen molar-refractivity contribution < 1.29 is 19.1 Å². The zero-order valence-electron chi connectivity index (χ0n) is 13.4. The van der Waals surface area contributed by atoms with E-state index in [0.29, 0.717) is 12.4 Å². The topological polar surface area (TPSA) is 83.7 Å². The molecule has 0 bridgehead atoms. The van der Waals surface area contributed by atoms with Crippen LogP contribution in [-0.4, -0.2) is 37.5 Å². The molecule has 1 aromatic heterocycles. The summed E-state index contributed by atoms with van der Waals surface area (Å²) in [5.41, 5.74) is -0.280. The highest BCUT2D eigenvalue weighted by Gasteiger charge is 2.23. The summed E-state index contributed by atoms with van der Waals surface area (Å²) in [7, 11) is 1.56. The predicted molar refractivity (Wildman–Crippen MR) is 80.1 cm³/mol. The molecule has 1 aromatic rings. The molecule has 3 N–H and O–H groups in total. The summed E-state index contributed by atoms with van der Waals surface area (Å²) < 4.78 is 10.6. The number of amides is 2. The van der Waals surface area contributed by atoms with Crippen LogP contribution in [0.15, 0.2) is 16.5 Å². The van der Waals surface area contributed by atoms with Gasteiger partial charge in [0.25, 0.3) is 0 Å². The average Bonchev–Trinajstić information content (AvgIpc) is 2.81. The van der Waals surface area contributed by atoms with Gasteiger partial charge in [-0.25, -0.2) is 4.79 Å². The lowest BCUT2D eigenvalue weighted by Gasteiger charge is -2.26. The maximum Gasteiger partial charge on any atom is 0.315 e. The molecule has 2 amide bonds. The highest BCUT2D eigenvalue weighted by molar-refractivity contribution is 5.74. The fourth-order valence-corrected chi connectivity index (χ4v) is 1.71. The molecule has 1 heterocycles. The number of methoxy groups -OCH3 is 1. The third kappa shape index (κ3) is 5.77. The molecule has 0 aromatic carbocycles. The predicted octanol–water partition coefficient (Wildman–Crippen LogP) is 1.98. The summed E-state index contributed by atoms with van der Waals surface area (Å²) in [5.74, 6) is 1.41. The minimum atomic E-state index is -0.616. The van der Waals surface area contributed by atoms with Crippen LogP contribution in [0.5, 0.6) is 0 Å². The van der Waals surface area contributed by atoms with Gasteiger partial charge < -0.3 is 24.9 Å². The number of carbonyl (C=O) groups excluding carboxylic acids is 1. The van der Waals surface area contributed by atoms with Gasteiger partial charge in [0.1, 0.15) is 17.6 Å². The van der Waals surface area contributed by atoms with Crippen LogP contribution in [0.1, 0.15) is 38.3 Å². The second-order valence-corrected chi connectivity index (χ2v) is 6.19. The highest BCUT2D eigenvalue weighted by atomic mass is 16.5. The number of aryl methyl sites for hydroxylation is 1. The molecular weight excluding hydrogens is 272 g/mol. The molecule has 120 valence electrons. The molecule has 0 aliphatic rings. The molecule has 6 nitrogen and oxygen atoms in total. The third-order valence-electron chi connectivity index (χ3n) is 3.20. The largest absolute Gasteiger partial charge is 0.464 e. The van der Waals surface area contributed by atoms with E-state index in [4.69, 9.17) is 9.15 Å². The SMILES string of the molecule is COCC(NC(=O)NCC(O)C(C)(C)C)c1ccc(C)o1. The number of nitrogens with one attached hydrogen (secondary N) is 2. The van der Waals surface area contributed by atoms with Crippen LogP contribution in [0.4, 0.5) is 4.79 Å². The lowest BCUT2D eigenvalue weighted by Crippen LogP contribution is -2.45. The fraction of sp³-hybridized carbons (Fsp3) is 0.667. The molecule has 6 heteroatoms. The van der Waals surface area contributed by atoms with Crippen molar-refractivity contribution in [2.75, 3.05) is 20.3 Å². The van der Waals surface area contributed by atoms with Crippen molar-refractivity contribution in [2.45, 2.75) is 39.8 Å². The van der Waals surface area contributed by atoms with Gasteiger partial charge in [0.05, 0.1) is 12.7 Å². The molecular formula is C15H26N2O4. The van der Waals surface area contributed by atoms with E-state index >= 15 is 0 Å². The van der Waals surface area contributed by atoms with Crippen molar-refractivity contribution >= 4 is 6.03 Å². The standard InChI is InChI=1S/C15H26N2O4/c1-10-6-7-12(21-10)11(9-20-5)17-14(19)16-8-13(18)15(2,3)4/h6-7,11,13,18H,8-9H2,1-5H3,(H2,16,17,19). The first-order valence-corrected chi connectivity index (χ1v) is 7.01. The number of furan rings is 1. The Morgan fingerprint density at radius 1 is 1.43 bits per heavy atom. The van der Waals surface area contributed by atoms with E-state index in [1.807, 2.05) is 39.8 Å². The van der Waals surface area contributed by atoms with Crippen LogP contribution in [0.2, 0.25) is 0 Å². The van der Waals surface area contributed by atoms with E-state index in [1.54, 1.807) is 7.11 Å². The van der Waals surface area contributed by atoms with E-state index in [1.165, 1.54) is 0 Å². The van der Waals surface area contributed by atoms with Gasteiger partial charge in [0, 0.05) is 13.7 Å². The summed E-state index contributed by atoms with van der Waals surface area (Å²) in [6.45, 7) is 8.07. The molecule has 0 saturated carbocycles. The maximum absolute atomic E-state index is 11.9. The van der Waals surface area contributed by atoms with E-state index in [2.05, 4.69) is 10.6 Å². The molecule has 2 unspecified atom stereocenters. The van der Waals surface area contributed by atoms with Gasteiger partial charge in [-0.3, -0.25) is 0 Å². The minimum Gasteiger partial charge on any atom is -0.464 e. The van der Waals surface area contributed by atoms with Gasteiger partial charge in [-0.2, -0.15) is 0 Å². The third-order valence-corrected chi connectivity index (χ3v) is 3.20. The zero-order chi connectivity index (χ0) is 16.0. The van der Waals surface area contributed by atoms with Gasteiger partial charge in [-0.1, -0.05) is 20.8 Å². The number of hydrogen-bond acceptors (Lipinski definition) is 4. The van der Waals surface area contributed by atoms with Gasteiger partial charge >= 0.3 is 6.03 Å². The summed E-state index contributed by atoms with van der Waals surface area (Å²) in [6, 6.07) is 2.91. The van der Waals surface area contributed by atoms with Crippen LogP contribution in [0.25, 0.3) is 0 Å². The van der Waals surface area contributed by atoms with Crippen molar-refractivity contribution in [3.05, 3.63) is 23.7 Å². The van der Waals surface area contributed by atoms with Crippen LogP contribution < -0.4 is 10.6 Å². The number of urea groups is 1. The van der Waals surface area contributed by atoms with Crippen LogP contribution in [-0.2, 0) is 4.74 Å². The lowest BCUT2D eigenvalue weighted by molar-refractivity contribution is 0.0646. The van der Waals surface area contributed by atoms with E-state index in [-0.39, 0.29) is 24.0 Å². The van der Waals surface area contributed by atoms with Crippen molar-refractivity contribution in [3.63, 3.8) is 0 Å². The average molecular weight is 298 g/mol. The monoisotopic (exact) mass is 298 g/mol. The first kappa shape index (κ1) is 17.5. The number of aliphatic hydroxyl groups is 1. The smallest absolute Gasteiger partial charge is 0.315 e. The molecule has 0 aliphatic heterocycles. The van der Waals surface area contributed by atoms with Crippen LogP contribution in [0.3, 0.4) is 0 Å². The quantitative estimate of drug-likeness (QED) is 0.750. The normalized spacial score (nSPS) is 14.6. The van der Waals surface area contributed by atoms with E-state index in [9.17, 15) is 9.90 Å². The number of ether oxygens (including phenoxy) is 1. The van der Waals surface area contributed by atoms with Gasteiger partial charge in [0.2, 0.25) is 0 Å². The summed E-state index contributed by atoms with van der Waals surface area (Å²) in [4.78, 5) is 11.9. The Morgan fingerprint density at radius 3 is 2.57 bits per heavy atom. The second-order valence-electron chi connectivity index (χ2n) is 6.19. The Balaban J connectivity index is 2.54. The van der Waals surface area contributed by atoms with Crippen molar-refractivity contribution in [1.29, 1.82) is 0 Å². The molecule has 2 atom stereocenters. The Labute approximate surface area is 125 Å². The Bertz CT molecular complexity index is 451. The molecule has 0 saturated heterocycles. The number of hydrogen-bond donors (Lipinski definition) is 3. The Morgan fingerprint density at radius 2 is 2.10 bits per heavy atom. The van der Waals surface area contributed by atoms with Crippen molar-refractivity contribution in [2.24, 2.45) is 5.41 Å². The molecule has 1 rings (SSSR count).